The smallest absolute Gasteiger partial charge is 0.348 e. The molecular formula is C20H30N4O3S. The predicted octanol–water partition coefficient (Wildman–Crippen LogP) is 4.53. The highest BCUT2D eigenvalue weighted by atomic mass is 32.2. The van der Waals surface area contributed by atoms with Gasteiger partial charge in [-0.15, -0.1) is 4.99 Å². The first-order valence-corrected chi connectivity index (χ1v) is 10.3. The van der Waals surface area contributed by atoms with Crippen LogP contribution >= 0.6 is 11.9 Å². The SMILES string of the molecule is C=CCOC(=NC(=O)N(CC)CC)N(CCCC)C(=O)NSc1ccccc1. The molecule has 7 nitrogen and oxygen atoms in total. The van der Waals surface area contributed by atoms with E-state index in [1.807, 2.05) is 51.1 Å². The van der Waals surface area contributed by atoms with E-state index in [9.17, 15) is 9.59 Å². The first-order valence-electron chi connectivity index (χ1n) is 9.47. The van der Waals surface area contributed by atoms with E-state index >= 15 is 0 Å². The molecule has 0 saturated carbocycles. The van der Waals surface area contributed by atoms with Crippen LogP contribution in [0, 0.1) is 0 Å². The minimum absolute atomic E-state index is 0.0172. The Morgan fingerprint density at radius 2 is 1.89 bits per heavy atom. The molecule has 0 spiro atoms. The number of urea groups is 2. The number of nitrogens with zero attached hydrogens (tertiary/aromatic N) is 3. The van der Waals surface area contributed by atoms with Gasteiger partial charge in [0.05, 0.1) is 0 Å². The summed E-state index contributed by atoms with van der Waals surface area (Å²) in [5.41, 5.74) is 0. The molecule has 154 valence electrons. The van der Waals surface area contributed by atoms with E-state index in [1.54, 1.807) is 11.0 Å². The van der Waals surface area contributed by atoms with Gasteiger partial charge in [-0.05, 0) is 44.3 Å². The summed E-state index contributed by atoms with van der Waals surface area (Å²) in [6.07, 6.45) is 3.18. The first kappa shape index (κ1) is 23.6. The normalized spacial score (nSPS) is 10.9. The summed E-state index contributed by atoms with van der Waals surface area (Å²) in [4.78, 5) is 33.1. The number of benzene rings is 1. The second-order valence-corrected chi connectivity index (χ2v) is 6.66. The minimum Gasteiger partial charge on any atom is -0.460 e. The fourth-order valence-electron chi connectivity index (χ4n) is 2.20. The molecule has 1 N–H and O–H groups in total. The molecule has 0 unspecified atom stereocenters. The quantitative estimate of drug-likeness (QED) is 0.283. The lowest BCUT2D eigenvalue weighted by Crippen LogP contribution is -2.44. The Kier molecular flexibility index (Phi) is 11.5. The monoisotopic (exact) mass is 406 g/mol. The van der Waals surface area contributed by atoms with Gasteiger partial charge in [0, 0.05) is 24.5 Å². The Labute approximate surface area is 172 Å². The number of hydrogen-bond donors (Lipinski definition) is 1. The van der Waals surface area contributed by atoms with Crippen LogP contribution in [0.2, 0.25) is 0 Å². The van der Waals surface area contributed by atoms with Gasteiger partial charge in [0.25, 0.3) is 0 Å². The van der Waals surface area contributed by atoms with Crippen molar-refractivity contribution in [2.75, 3.05) is 26.2 Å². The topological polar surface area (TPSA) is 74.2 Å². The predicted molar refractivity (Wildman–Crippen MR) is 114 cm³/mol. The van der Waals surface area contributed by atoms with Crippen LogP contribution in [0.5, 0.6) is 0 Å². The van der Waals surface area contributed by atoms with E-state index in [1.165, 1.54) is 16.8 Å². The molecule has 0 atom stereocenters. The maximum atomic E-state index is 12.8. The van der Waals surface area contributed by atoms with Crippen molar-refractivity contribution in [2.45, 2.75) is 38.5 Å². The Hall–Kier alpha value is -2.48. The zero-order chi connectivity index (χ0) is 20.8. The summed E-state index contributed by atoms with van der Waals surface area (Å²) >= 11 is 1.20. The molecule has 0 aliphatic heterocycles. The zero-order valence-corrected chi connectivity index (χ0v) is 17.7. The molecule has 0 saturated heterocycles. The first-order chi connectivity index (χ1) is 13.6. The summed E-state index contributed by atoms with van der Waals surface area (Å²) in [6, 6.07) is 8.65. The van der Waals surface area contributed by atoms with E-state index in [0.717, 1.165) is 17.7 Å². The maximum absolute atomic E-state index is 12.8. The van der Waals surface area contributed by atoms with E-state index in [-0.39, 0.29) is 12.6 Å². The number of ether oxygens (including phenoxy) is 1. The van der Waals surface area contributed by atoms with Crippen molar-refractivity contribution >= 4 is 30.0 Å². The molecule has 28 heavy (non-hydrogen) atoms. The van der Waals surface area contributed by atoms with Crippen molar-refractivity contribution in [2.24, 2.45) is 4.99 Å². The van der Waals surface area contributed by atoms with Crippen LogP contribution in [0.15, 0.2) is 52.9 Å². The third-order valence-electron chi connectivity index (χ3n) is 3.77. The summed E-state index contributed by atoms with van der Waals surface area (Å²) in [6.45, 7) is 11.0. The standard InChI is InChI=1S/C20H30N4O3S/c1-5-9-15-24(19(26)22-28-17-13-11-10-12-14-17)20(27-16-6-2)21-18(25)23(7-3)8-4/h6,10-14H,2,5,7-9,15-16H2,1,3-4H3,(H,22,26). The highest BCUT2D eigenvalue weighted by molar-refractivity contribution is 7.98. The molecule has 8 heteroatoms. The average Bonchev–Trinajstić information content (AvgIpc) is 2.72. The molecule has 0 aliphatic carbocycles. The summed E-state index contributed by atoms with van der Waals surface area (Å²) in [7, 11) is 0. The van der Waals surface area contributed by atoms with E-state index in [2.05, 4.69) is 16.3 Å². The van der Waals surface area contributed by atoms with Gasteiger partial charge in [-0.2, -0.15) is 0 Å². The van der Waals surface area contributed by atoms with Gasteiger partial charge in [0.1, 0.15) is 6.61 Å². The Morgan fingerprint density at radius 1 is 1.21 bits per heavy atom. The van der Waals surface area contributed by atoms with Crippen LogP contribution in [0.25, 0.3) is 0 Å². The molecule has 0 radical (unpaired) electrons. The molecule has 1 rings (SSSR count). The molecule has 0 fully saturated rings. The van der Waals surface area contributed by atoms with Gasteiger partial charge in [-0.1, -0.05) is 44.2 Å². The highest BCUT2D eigenvalue weighted by Gasteiger charge is 2.23. The Morgan fingerprint density at radius 3 is 2.46 bits per heavy atom. The highest BCUT2D eigenvalue weighted by Crippen LogP contribution is 2.14. The number of carbonyl (C=O) groups excluding carboxylic acids is 2. The second-order valence-electron chi connectivity index (χ2n) is 5.78. The van der Waals surface area contributed by atoms with E-state index in [4.69, 9.17) is 4.74 Å². The largest absolute Gasteiger partial charge is 0.460 e. The van der Waals surface area contributed by atoms with Gasteiger partial charge < -0.3 is 9.64 Å². The Bertz CT molecular complexity index is 648. The van der Waals surface area contributed by atoms with Crippen LogP contribution in [-0.2, 0) is 4.74 Å². The molecule has 0 aromatic heterocycles. The minimum atomic E-state index is -0.436. The summed E-state index contributed by atoms with van der Waals surface area (Å²) < 4.78 is 8.36. The van der Waals surface area contributed by atoms with Gasteiger partial charge in [0.15, 0.2) is 0 Å². The third-order valence-corrected chi connectivity index (χ3v) is 4.55. The van der Waals surface area contributed by atoms with Crippen molar-refractivity contribution in [3.8, 4) is 0 Å². The number of unbranched alkanes of at least 4 members (excludes halogenated alkanes) is 1. The number of nitrogens with one attached hydrogen (secondary N) is 1. The molecule has 4 amide bonds. The van der Waals surface area contributed by atoms with E-state index in [0.29, 0.717) is 19.6 Å². The molecule has 0 bridgehead atoms. The lowest BCUT2D eigenvalue weighted by molar-refractivity contribution is 0.202. The third kappa shape index (κ3) is 8.04. The average molecular weight is 407 g/mol. The van der Waals surface area contributed by atoms with Crippen LogP contribution in [0.1, 0.15) is 33.6 Å². The maximum Gasteiger partial charge on any atom is 0.348 e. The van der Waals surface area contributed by atoms with Gasteiger partial charge in [-0.25, -0.2) is 14.5 Å². The van der Waals surface area contributed by atoms with Crippen molar-refractivity contribution in [1.29, 1.82) is 0 Å². The van der Waals surface area contributed by atoms with Crippen molar-refractivity contribution < 1.29 is 14.3 Å². The number of aliphatic imine (C=N–C) groups is 1. The fourth-order valence-corrected chi connectivity index (χ4v) is 2.81. The molecule has 1 aromatic rings. The lowest BCUT2D eigenvalue weighted by atomic mass is 10.3. The van der Waals surface area contributed by atoms with Crippen LogP contribution in [0.4, 0.5) is 9.59 Å². The van der Waals surface area contributed by atoms with Crippen molar-refractivity contribution in [1.82, 2.24) is 14.5 Å². The van der Waals surface area contributed by atoms with Gasteiger partial charge in [0.2, 0.25) is 0 Å². The Balaban J connectivity index is 3.01. The number of rotatable bonds is 9. The number of amidine groups is 1. The second kappa shape index (κ2) is 13.7. The lowest BCUT2D eigenvalue weighted by Gasteiger charge is -2.24. The van der Waals surface area contributed by atoms with Crippen LogP contribution in [-0.4, -0.2) is 54.1 Å². The fraction of sp³-hybridized carbons (Fsp3) is 0.450. The van der Waals surface area contributed by atoms with Gasteiger partial charge in [-0.3, -0.25) is 4.72 Å². The molecule has 0 heterocycles. The van der Waals surface area contributed by atoms with Crippen LogP contribution < -0.4 is 4.72 Å². The number of carbonyl (C=O) groups is 2. The number of amides is 4. The van der Waals surface area contributed by atoms with Crippen LogP contribution in [0.3, 0.4) is 0 Å². The van der Waals surface area contributed by atoms with Crippen molar-refractivity contribution in [3.05, 3.63) is 43.0 Å². The zero-order valence-electron chi connectivity index (χ0n) is 16.9. The van der Waals surface area contributed by atoms with Crippen molar-refractivity contribution in [3.63, 3.8) is 0 Å². The summed E-state index contributed by atoms with van der Waals surface area (Å²) in [5.74, 6) is 0. The van der Waals surface area contributed by atoms with E-state index < -0.39 is 12.1 Å². The molecule has 1 aromatic carbocycles. The number of hydrogen-bond acceptors (Lipinski definition) is 4. The molecular weight excluding hydrogens is 376 g/mol. The summed E-state index contributed by atoms with van der Waals surface area (Å²) in [5, 5.41) is 0. The molecule has 0 aliphatic rings. The van der Waals surface area contributed by atoms with Gasteiger partial charge >= 0.3 is 18.1 Å².